The molecular weight excluding hydrogens is 282 g/mol. The minimum absolute atomic E-state index is 0.954. The van der Waals surface area contributed by atoms with Crippen LogP contribution >= 0.6 is 0 Å². The van der Waals surface area contributed by atoms with Gasteiger partial charge in [0.05, 0.1) is 11.0 Å². The molecule has 0 saturated carbocycles. The Morgan fingerprint density at radius 2 is 1.61 bits per heavy atom. The van der Waals surface area contributed by atoms with Crippen LogP contribution in [0.3, 0.4) is 0 Å². The summed E-state index contributed by atoms with van der Waals surface area (Å²) in [5.41, 5.74) is 7.23. The van der Waals surface area contributed by atoms with Crippen LogP contribution in [0, 0.1) is 13.8 Å². The standard InChI is InChI=1S/C20H23N3/c1-14-12-18-19(13-15(14)2)22-20(21-18)16-6-8-17(9-7-16)23-10-4-3-5-11-23/h6-9,12-13H,3-5,10-11H2,1-2H3,(H,21,22). The second-order valence-corrected chi connectivity index (χ2v) is 6.63. The lowest BCUT2D eigenvalue weighted by molar-refractivity contribution is 0.578. The largest absolute Gasteiger partial charge is 0.372 e. The van der Waals surface area contributed by atoms with Gasteiger partial charge in [-0.25, -0.2) is 4.98 Å². The Morgan fingerprint density at radius 1 is 0.913 bits per heavy atom. The molecule has 4 rings (SSSR count). The highest BCUT2D eigenvalue weighted by atomic mass is 15.1. The van der Waals surface area contributed by atoms with E-state index in [9.17, 15) is 0 Å². The Hall–Kier alpha value is -2.29. The third-order valence-corrected chi connectivity index (χ3v) is 4.96. The third-order valence-electron chi connectivity index (χ3n) is 4.96. The number of benzene rings is 2. The van der Waals surface area contributed by atoms with Gasteiger partial charge < -0.3 is 9.88 Å². The fourth-order valence-corrected chi connectivity index (χ4v) is 3.39. The highest BCUT2D eigenvalue weighted by Crippen LogP contribution is 2.26. The quantitative estimate of drug-likeness (QED) is 0.735. The molecule has 3 nitrogen and oxygen atoms in total. The summed E-state index contributed by atoms with van der Waals surface area (Å²) in [7, 11) is 0. The van der Waals surface area contributed by atoms with E-state index in [1.165, 1.54) is 49.2 Å². The van der Waals surface area contributed by atoms with Gasteiger partial charge in [-0.1, -0.05) is 0 Å². The maximum Gasteiger partial charge on any atom is 0.138 e. The molecule has 1 aliphatic rings. The van der Waals surface area contributed by atoms with Crippen LogP contribution < -0.4 is 4.90 Å². The normalized spacial score (nSPS) is 15.3. The van der Waals surface area contributed by atoms with Crippen LogP contribution in [0.1, 0.15) is 30.4 Å². The van der Waals surface area contributed by atoms with Crippen molar-refractivity contribution >= 4 is 16.7 Å². The summed E-state index contributed by atoms with van der Waals surface area (Å²) in [5, 5.41) is 0. The van der Waals surface area contributed by atoms with Gasteiger partial charge in [-0.15, -0.1) is 0 Å². The molecule has 0 amide bonds. The number of imidazole rings is 1. The maximum atomic E-state index is 4.76. The molecule has 0 spiro atoms. The van der Waals surface area contributed by atoms with Crippen LogP contribution in [-0.2, 0) is 0 Å². The van der Waals surface area contributed by atoms with Gasteiger partial charge in [0.1, 0.15) is 5.82 Å². The molecule has 0 bridgehead atoms. The highest BCUT2D eigenvalue weighted by molar-refractivity contribution is 5.81. The van der Waals surface area contributed by atoms with E-state index in [4.69, 9.17) is 4.98 Å². The van der Waals surface area contributed by atoms with E-state index in [1.54, 1.807) is 0 Å². The van der Waals surface area contributed by atoms with E-state index in [1.807, 2.05) is 0 Å². The molecule has 23 heavy (non-hydrogen) atoms. The molecule has 0 radical (unpaired) electrons. The number of H-pyrrole nitrogens is 1. The summed E-state index contributed by atoms with van der Waals surface area (Å²) >= 11 is 0. The number of anilines is 1. The summed E-state index contributed by atoms with van der Waals surface area (Å²) in [6.07, 6.45) is 3.99. The van der Waals surface area contributed by atoms with Crippen molar-refractivity contribution in [1.82, 2.24) is 9.97 Å². The number of fused-ring (bicyclic) bond motifs is 1. The Bertz CT molecular complexity index is 785. The summed E-state index contributed by atoms with van der Waals surface area (Å²) < 4.78 is 0. The maximum absolute atomic E-state index is 4.76. The molecule has 0 aliphatic carbocycles. The van der Waals surface area contributed by atoms with Crippen molar-refractivity contribution in [1.29, 1.82) is 0 Å². The molecule has 0 unspecified atom stereocenters. The summed E-state index contributed by atoms with van der Waals surface area (Å²) in [4.78, 5) is 10.7. The molecule has 1 aromatic heterocycles. The van der Waals surface area contributed by atoms with Gasteiger partial charge in [-0.2, -0.15) is 0 Å². The van der Waals surface area contributed by atoms with Crippen molar-refractivity contribution in [3.8, 4) is 11.4 Å². The van der Waals surface area contributed by atoms with Crippen LogP contribution in [0.4, 0.5) is 5.69 Å². The zero-order valence-electron chi connectivity index (χ0n) is 13.9. The van der Waals surface area contributed by atoms with Gasteiger partial charge in [0.2, 0.25) is 0 Å². The average Bonchev–Trinajstić information content (AvgIpc) is 2.99. The van der Waals surface area contributed by atoms with Crippen LogP contribution in [0.5, 0.6) is 0 Å². The molecular formula is C20H23N3. The van der Waals surface area contributed by atoms with E-state index in [0.717, 1.165) is 22.4 Å². The molecule has 1 fully saturated rings. The minimum atomic E-state index is 0.954. The molecule has 0 atom stereocenters. The van der Waals surface area contributed by atoms with Gasteiger partial charge in [0.25, 0.3) is 0 Å². The number of aryl methyl sites for hydroxylation is 2. The average molecular weight is 305 g/mol. The lowest BCUT2D eigenvalue weighted by Gasteiger charge is -2.28. The molecule has 3 aromatic rings. The smallest absolute Gasteiger partial charge is 0.138 e. The van der Waals surface area contributed by atoms with E-state index >= 15 is 0 Å². The zero-order valence-corrected chi connectivity index (χ0v) is 13.9. The molecule has 1 N–H and O–H groups in total. The first-order valence-electron chi connectivity index (χ1n) is 8.53. The topological polar surface area (TPSA) is 31.9 Å². The van der Waals surface area contributed by atoms with Crippen molar-refractivity contribution in [2.24, 2.45) is 0 Å². The van der Waals surface area contributed by atoms with E-state index < -0.39 is 0 Å². The fourth-order valence-electron chi connectivity index (χ4n) is 3.39. The molecule has 118 valence electrons. The first kappa shape index (κ1) is 14.3. The SMILES string of the molecule is Cc1cc2nc(-c3ccc(N4CCCCC4)cc3)[nH]c2cc1C. The summed E-state index contributed by atoms with van der Waals surface area (Å²) in [6.45, 7) is 6.64. The molecule has 2 aromatic carbocycles. The lowest BCUT2D eigenvalue weighted by Crippen LogP contribution is -2.29. The number of rotatable bonds is 2. The minimum Gasteiger partial charge on any atom is -0.372 e. The van der Waals surface area contributed by atoms with Crippen molar-refractivity contribution in [2.45, 2.75) is 33.1 Å². The van der Waals surface area contributed by atoms with Gasteiger partial charge in [0.15, 0.2) is 0 Å². The number of nitrogens with one attached hydrogen (secondary N) is 1. The van der Waals surface area contributed by atoms with Gasteiger partial charge in [-0.05, 0) is 80.6 Å². The van der Waals surface area contributed by atoms with Crippen molar-refractivity contribution in [2.75, 3.05) is 18.0 Å². The zero-order chi connectivity index (χ0) is 15.8. The number of hydrogen-bond donors (Lipinski definition) is 1. The Kier molecular flexibility index (Phi) is 3.56. The first-order chi connectivity index (χ1) is 11.2. The number of piperidine rings is 1. The summed E-state index contributed by atoms with van der Waals surface area (Å²) in [6, 6.07) is 13.2. The number of aromatic amines is 1. The second-order valence-electron chi connectivity index (χ2n) is 6.63. The molecule has 2 heterocycles. The fraction of sp³-hybridized carbons (Fsp3) is 0.350. The Balaban J connectivity index is 1.65. The predicted molar refractivity (Wildman–Crippen MR) is 97.1 cm³/mol. The predicted octanol–water partition coefficient (Wildman–Crippen LogP) is 4.84. The monoisotopic (exact) mass is 305 g/mol. The molecule has 3 heteroatoms. The third kappa shape index (κ3) is 2.72. The molecule has 1 aliphatic heterocycles. The van der Waals surface area contributed by atoms with Gasteiger partial charge in [-0.3, -0.25) is 0 Å². The Morgan fingerprint density at radius 3 is 2.35 bits per heavy atom. The van der Waals surface area contributed by atoms with Crippen LogP contribution in [0.25, 0.3) is 22.4 Å². The van der Waals surface area contributed by atoms with Gasteiger partial charge in [0, 0.05) is 24.3 Å². The number of nitrogens with zero attached hydrogens (tertiary/aromatic N) is 2. The van der Waals surface area contributed by atoms with E-state index in [-0.39, 0.29) is 0 Å². The second kappa shape index (κ2) is 5.73. The highest BCUT2D eigenvalue weighted by Gasteiger charge is 2.12. The van der Waals surface area contributed by atoms with Crippen molar-refractivity contribution in [3.63, 3.8) is 0 Å². The molecule has 1 saturated heterocycles. The van der Waals surface area contributed by atoms with Crippen LogP contribution in [-0.4, -0.2) is 23.1 Å². The van der Waals surface area contributed by atoms with Crippen molar-refractivity contribution in [3.05, 3.63) is 47.5 Å². The number of hydrogen-bond acceptors (Lipinski definition) is 2. The van der Waals surface area contributed by atoms with Gasteiger partial charge >= 0.3 is 0 Å². The van der Waals surface area contributed by atoms with E-state index in [0.29, 0.717) is 0 Å². The van der Waals surface area contributed by atoms with Crippen LogP contribution in [0.15, 0.2) is 36.4 Å². The van der Waals surface area contributed by atoms with Crippen molar-refractivity contribution < 1.29 is 0 Å². The first-order valence-corrected chi connectivity index (χ1v) is 8.53. The number of aromatic nitrogens is 2. The Labute approximate surface area is 137 Å². The lowest BCUT2D eigenvalue weighted by atomic mass is 10.1. The summed E-state index contributed by atoms with van der Waals surface area (Å²) in [5.74, 6) is 0.954. The van der Waals surface area contributed by atoms with Crippen LogP contribution in [0.2, 0.25) is 0 Å². The van der Waals surface area contributed by atoms with E-state index in [2.05, 4.69) is 60.1 Å².